The van der Waals surface area contributed by atoms with Gasteiger partial charge in [-0.2, -0.15) is 8.42 Å². The predicted octanol–water partition coefficient (Wildman–Crippen LogP) is 2.86. The van der Waals surface area contributed by atoms with Crippen LogP contribution in [0.4, 0.5) is 22.7 Å². The van der Waals surface area contributed by atoms with Crippen molar-refractivity contribution >= 4 is 33.1 Å². The fourth-order valence-corrected chi connectivity index (χ4v) is 2.02. The van der Waals surface area contributed by atoms with Gasteiger partial charge in [0.25, 0.3) is 0 Å². The molecule has 20 heavy (non-hydrogen) atoms. The van der Waals surface area contributed by atoms with E-state index in [1.165, 1.54) is 22.7 Å². The molecule has 0 bridgehead atoms. The largest absolute Gasteiger partial charge is 0.394 e. The molecule has 0 aliphatic carbocycles. The van der Waals surface area contributed by atoms with Gasteiger partial charge in [-0.05, 0) is 24.3 Å². The minimum absolute atomic E-state index is 1.17. The first-order valence-electron chi connectivity index (χ1n) is 5.75. The lowest BCUT2D eigenvalue weighted by molar-refractivity contribution is 0.381. The molecule has 2 aromatic rings. The van der Waals surface area contributed by atoms with Crippen molar-refractivity contribution in [2.45, 2.75) is 0 Å². The van der Waals surface area contributed by atoms with Gasteiger partial charge in [0.15, 0.2) is 0 Å². The van der Waals surface area contributed by atoms with E-state index in [9.17, 15) is 0 Å². The van der Waals surface area contributed by atoms with E-state index in [1.54, 1.807) is 0 Å². The summed E-state index contributed by atoms with van der Waals surface area (Å²) < 4.78 is 31.6. The molecule has 106 valence electrons. The monoisotopic (exact) mass is 294 g/mol. The summed E-state index contributed by atoms with van der Waals surface area (Å²) in [5, 5.41) is 3.43. The van der Waals surface area contributed by atoms with E-state index < -0.39 is 10.4 Å². The second kappa shape index (κ2) is 5.49. The van der Waals surface area contributed by atoms with Gasteiger partial charge in [0.05, 0.1) is 22.7 Å². The molecule has 0 saturated heterocycles. The Morgan fingerprint density at radius 3 is 1.65 bits per heavy atom. The van der Waals surface area contributed by atoms with Gasteiger partial charge in [0.1, 0.15) is 0 Å². The molecule has 1 aliphatic rings. The number of fused-ring (bicyclic) bond motifs is 2. The lowest BCUT2D eigenvalue weighted by atomic mass is 10.1. The number of para-hydroxylation sites is 4. The van der Waals surface area contributed by atoms with Crippen LogP contribution in [0.2, 0.25) is 0 Å². The zero-order valence-electron chi connectivity index (χ0n) is 10.7. The Bertz CT molecular complexity index is 662. The van der Waals surface area contributed by atoms with Crippen LogP contribution in [0.15, 0.2) is 48.5 Å². The SMILES string of the molecule is CN1c2ccccc2Nc2ccccc21.O=S(=O)(O)O. The summed E-state index contributed by atoms with van der Waals surface area (Å²) in [5.41, 5.74) is 4.77. The summed E-state index contributed by atoms with van der Waals surface area (Å²) in [6.45, 7) is 0. The average molecular weight is 294 g/mol. The van der Waals surface area contributed by atoms with Gasteiger partial charge in [0.2, 0.25) is 0 Å². The van der Waals surface area contributed by atoms with Crippen molar-refractivity contribution in [2.24, 2.45) is 0 Å². The lowest BCUT2D eigenvalue weighted by Crippen LogP contribution is -2.17. The molecule has 3 N–H and O–H groups in total. The molecular formula is C13H14N2O4S. The second-order valence-corrected chi connectivity index (χ2v) is 5.06. The Morgan fingerprint density at radius 2 is 1.25 bits per heavy atom. The summed E-state index contributed by atoms with van der Waals surface area (Å²) in [6, 6.07) is 16.7. The highest BCUT2D eigenvalue weighted by Gasteiger charge is 2.17. The Labute approximate surface area is 117 Å². The fraction of sp³-hybridized carbons (Fsp3) is 0.0769. The standard InChI is InChI=1S/C13H12N2.H2O4S/c1-15-12-8-4-2-6-10(12)14-11-7-3-5-9-13(11)15;1-5(2,3)4/h2-9,14H,1H3;(H2,1,2,3,4). The van der Waals surface area contributed by atoms with Gasteiger partial charge >= 0.3 is 10.4 Å². The number of rotatable bonds is 0. The van der Waals surface area contributed by atoms with Crippen molar-refractivity contribution < 1.29 is 17.5 Å². The summed E-state index contributed by atoms with van der Waals surface area (Å²) in [4.78, 5) is 2.21. The smallest absolute Gasteiger partial charge is 0.352 e. The van der Waals surface area contributed by atoms with Crippen LogP contribution in [0.5, 0.6) is 0 Å². The molecule has 1 heterocycles. The number of nitrogens with one attached hydrogen (secondary N) is 1. The van der Waals surface area contributed by atoms with Crippen LogP contribution in [0.25, 0.3) is 0 Å². The third-order valence-corrected chi connectivity index (χ3v) is 2.80. The van der Waals surface area contributed by atoms with E-state index in [2.05, 4.69) is 53.7 Å². The molecule has 0 radical (unpaired) electrons. The van der Waals surface area contributed by atoms with Crippen molar-refractivity contribution in [1.82, 2.24) is 0 Å². The fourth-order valence-electron chi connectivity index (χ4n) is 2.02. The van der Waals surface area contributed by atoms with Crippen molar-refractivity contribution in [3.05, 3.63) is 48.5 Å². The topological polar surface area (TPSA) is 89.9 Å². The van der Waals surface area contributed by atoms with Gasteiger partial charge < -0.3 is 10.2 Å². The highest BCUT2D eigenvalue weighted by atomic mass is 32.3. The molecule has 0 fully saturated rings. The van der Waals surface area contributed by atoms with Crippen LogP contribution in [0, 0.1) is 0 Å². The van der Waals surface area contributed by atoms with Gasteiger partial charge in [-0.25, -0.2) is 0 Å². The molecule has 3 rings (SSSR count). The van der Waals surface area contributed by atoms with E-state index in [1.807, 2.05) is 12.1 Å². The van der Waals surface area contributed by atoms with Crippen LogP contribution in [0.1, 0.15) is 0 Å². The molecule has 0 unspecified atom stereocenters. The van der Waals surface area contributed by atoms with Crippen molar-refractivity contribution in [3.8, 4) is 0 Å². The normalized spacial score (nSPS) is 12.4. The van der Waals surface area contributed by atoms with Gasteiger partial charge in [0, 0.05) is 7.05 Å². The minimum atomic E-state index is -4.67. The number of hydrogen-bond donors (Lipinski definition) is 3. The maximum absolute atomic E-state index is 8.74. The molecule has 0 amide bonds. The first kappa shape index (κ1) is 14.3. The number of nitrogens with zero attached hydrogens (tertiary/aromatic N) is 1. The van der Waals surface area contributed by atoms with E-state index in [0.717, 1.165) is 0 Å². The summed E-state index contributed by atoms with van der Waals surface area (Å²) in [5.74, 6) is 0. The van der Waals surface area contributed by atoms with Crippen LogP contribution >= 0.6 is 0 Å². The molecule has 0 spiro atoms. The molecular weight excluding hydrogens is 280 g/mol. The summed E-state index contributed by atoms with van der Waals surface area (Å²) >= 11 is 0. The Morgan fingerprint density at radius 1 is 0.900 bits per heavy atom. The molecule has 6 nitrogen and oxygen atoms in total. The zero-order valence-corrected chi connectivity index (χ0v) is 11.5. The molecule has 0 saturated carbocycles. The van der Waals surface area contributed by atoms with E-state index >= 15 is 0 Å². The van der Waals surface area contributed by atoms with Gasteiger partial charge in [-0.3, -0.25) is 9.11 Å². The average Bonchev–Trinajstić information content (AvgIpc) is 2.37. The number of hydrogen-bond acceptors (Lipinski definition) is 4. The zero-order chi connectivity index (χ0) is 14.8. The van der Waals surface area contributed by atoms with Gasteiger partial charge in [-0.15, -0.1) is 0 Å². The summed E-state index contributed by atoms with van der Waals surface area (Å²) in [7, 11) is -2.57. The highest BCUT2D eigenvalue weighted by Crippen LogP contribution is 2.41. The maximum atomic E-state index is 8.74. The second-order valence-electron chi connectivity index (χ2n) is 4.17. The summed E-state index contributed by atoms with van der Waals surface area (Å²) in [6.07, 6.45) is 0. The first-order chi connectivity index (χ1) is 9.36. The van der Waals surface area contributed by atoms with Crippen molar-refractivity contribution in [3.63, 3.8) is 0 Å². The Balaban J connectivity index is 0.000000257. The van der Waals surface area contributed by atoms with Crippen LogP contribution < -0.4 is 10.2 Å². The third kappa shape index (κ3) is 3.47. The van der Waals surface area contributed by atoms with Crippen molar-refractivity contribution in [2.75, 3.05) is 17.3 Å². The predicted molar refractivity (Wildman–Crippen MR) is 78.4 cm³/mol. The third-order valence-electron chi connectivity index (χ3n) is 2.80. The lowest BCUT2D eigenvalue weighted by Gasteiger charge is -2.30. The van der Waals surface area contributed by atoms with Crippen molar-refractivity contribution in [1.29, 1.82) is 0 Å². The molecule has 7 heteroatoms. The van der Waals surface area contributed by atoms with E-state index in [-0.39, 0.29) is 0 Å². The maximum Gasteiger partial charge on any atom is 0.394 e. The number of anilines is 4. The minimum Gasteiger partial charge on any atom is -0.352 e. The first-order valence-corrected chi connectivity index (χ1v) is 7.14. The highest BCUT2D eigenvalue weighted by molar-refractivity contribution is 7.79. The van der Waals surface area contributed by atoms with Crippen LogP contribution in [-0.4, -0.2) is 24.6 Å². The molecule has 0 aromatic heterocycles. The van der Waals surface area contributed by atoms with E-state index in [0.29, 0.717) is 0 Å². The quantitative estimate of drug-likeness (QED) is 0.647. The molecule has 0 atom stereocenters. The number of benzene rings is 2. The Hall–Kier alpha value is -2.09. The molecule has 2 aromatic carbocycles. The van der Waals surface area contributed by atoms with Crippen LogP contribution in [-0.2, 0) is 10.4 Å². The molecule has 1 aliphatic heterocycles. The van der Waals surface area contributed by atoms with Crippen LogP contribution in [0.3, 0.4) is 0 Å². The van der Waals surface area contributed by atoms with E-state index in [4.69, 9.17) is 17.5 Å². The van der Waals surface area contributed by atoms with Gasteiger partial charge in [-0.1, -0.05) is 24.3 Å². The Kier molecular flexibility index (Phi) is 3.93.